The molecule has 0 unspecified atom stereocenters. The van der Waals surface area contributed by atoms with Gasteiger partial charge in [0, 0.05) is 22.6 Å². The van der Waals surface area contributed by atoms with E-state index in [-0.39, 0.29) is 28.5 Å². The summed E-state index contributed by atoms with van der Waals surface area (Å²) in [5.74, 6) is 0.356. The van der Waals surface area contributed by atoms with Crippen molar-refractivity contribution < 1.29 is 18.3 Å². The average molecular weight is 452 g/mol. The molecule has 1 aliphatic rings. The molecule has 1 aliphatic heterocycles. The molecule has 0 aliphatic carbocycles. The molecule has 5 nitrogen and oxygen atoms in total. The molecule has 4 rings (SSSR count). The molecule has 174 valence electrons. The first-order valence-corrected chi connectivity index (χ1v) is 11.4. The Hall–Kier alpha value is -2.99. The predicted octanol–water partition coefficient (Wildman–Crippen LogP) is 5.25. The van der Waals surface area contributed by atoms with E-state index in [9.17, 15) is 14.0 Å². The van der Waals surface area contributed by atoms with E-state index in [4.69, 9.17) is 9.15 Å². The Morgan fingerprint density at radius 1 is 1.15 bits per heavy atom. The smallest absolute Gasteiger partial charge is 0.195 e. The fraction of sp³-hybridized carbons (Fsp3) is 0.407. The summed E-state index contributed by atoms with van der Waals surface area (Å²) in [6.07, 6.45) is 4.52. The number of likely N-dealkylation sites (tertiary alicyclic amines) is 1. The molecule has 33 heavy (non-hydrogen) atoms. The van der Waals surface area contributed by atoms with Crippen molar-refractivity contribution >= 4 is 16.8 Å². The number of hydrogen-bond acceptors (Lipinski definition) is 5. The number of aryl methyl sites for hydroxylation is 1. The van der Waals surface area contributed by atoms with E-state index >= 15 is 0 Å². The van der Waals surface area contributed by atoms with Gasteiger partial charge < -0.3 is 9.15 Å². The van der Waals surface area contributed by atoms with Gasteiger partial charge in [0.1, 0.15) is 17.1 Å². The van der Waals surface area contributed by atoms with Crippen molar-refractivity contribution in [3.8, 4) is 5.75 Å². The first-order chi connectivity index (χ1) is 15.8. The van der Waals surface area contributed by atoms with Crippen LogP contribution >= 0.6 is 0 Å². The topological polar surface area (TPSA) is 59.8 Å². The van der Waals surface area contributed by atoms with Crippen molar-refractivity contribution in [1.82, 2.24) is 4.90 Å². The van der Waals surface area contributed by atoms with Crippen LogP contribution < -0.4 is 10.2 Å². The summed E-state index contributed by atoms with van der Waals surface area (Å²) < 4.78 is 24.1. The molecule has 1 aromatic heterocycles. The highest BCUT2D eigenvalue weighted by atomic mass is 19.1. The van der Waals surface area contributed by atoms with Crippen LogP contribution in [0.4, 0.5) is 4.39 Å². The molecule has 0 N–H and O–H groups in total. The summed E-state index contributed by atoms with van der Waals surface area (Å²) in [4.78, 5) is 28.1. The number of ketones is 1. The maximum Gasteiger partial charge on any atom is 0.195 e. The quantitative estimate of drug-likeness (QED) is 0.460. The number of carbonyl (C=O) groups excluding carboxylic acids is 1. The Bertz CT molecular complexity index is 1190. The number of nitrogens with zero attached hydrogens (tertiary/aromatic N) is 1. The Morgan fingerprint density at radius 2 is 1.85 bits per heavy atom. The van der Waals surface area contributed by atoms with Crippen LogP contribution in [0.3, 0.4) is 0 Å². The molecule has 2 heterocycles. The minimum Gasteiger partial charge on any atom is -0.497 e. The van der Waals surface area contributed by atoms with Crippen LogP contribution in [0.15, 0.2) is 57.9 Å². The first-order valence-electron chi connectivity index (χ1n) is 11.4. The summed E-state index contributed by atoms with van der Waals surface area (Å²) in [7, 11) is 1.57. The van der Waals surface area contributed by atoms with Crippen molar-refractivity contribution in [2.24, 2.45) is 5.92 Å². The highest BCUT2D eigenvalue weighted by Gasteiger charge is 2.33. The zero-order valence-corrected chi connectivity index (χ0v) is 19.4. The van der Waals surface area contributed by atoms with Gasteiger partial charge in [0.15, 0.2) is 11.2 Å². The molecule has 2 aromatic carbocycles. The molecule has 3 aromatic rings. The number of methoxy groups -OCH3 is 1. The summed E-state index contributed by atoms with van der Waals surface area (Å²) in [5, 5.41) is 0.532. The molecule has 0 saturated carbocycles. The van der Waals surface area contributed by atoms with Crippen LogP contribution in [0.2, 0.25) is 0 Å². The molecule has 0 spiro atoms. The van der Waals surface area contributed by atoms with Crippen LogP contribution in [-0.4, -0.2) is 36.4 Å². The van der Waals surface area contributed by atoms with Gasteiger partial charge in [-0.3, -0.25) is 14.5 Å². The lowest BCUT2D eigenvalue weighted by Crippen LogP contribution is -2.49. The molecule has 1 saturated heterocycles. The average Bonchev–Trinajstić information content (AvgIpc) is 2.83. The van der Waals surface area contributed by atoms with Crippen molar-refractivity contribution in [2.75, 3.05) is 20.2 Å². The van der Waals surface area contributed by atoms with Crippen LogP contribution in [0, 0.1) is 11.7 Å². The fourth-order valence-corrected chi connectivity index (χ4v) is 4.65. The third-order valence-corrected chi connectivity index (χ3v) is 6.91. The van der Waals surface area contributed by atoms with Crippen LogP contribution in [0.1, 0.15) is 49.0 Å². The number of halogens is 1. The SMILES string of the molecule is COc1ccc2occ(CCC(C)(C)N3CCC(C(=O)c4ccc(F)cc4)CC3)c(=O)c2c1. The third-order valence-electron chi connectivity index (χ3n) is 6.91. The highest BCUT2D eigenvalue weighted by Crippen LogP contribution is 2.29. The number of ether oxygens (including phenoxy) is 1. The van der Waals surface area contributed by atoms with Crippen molar-refractivity contribution in [3.05, 3.63) is 75.9 Å². The van der Waals surface area contributed by atoms with Crippen LogP contribution in [0.5, 0.6) is 5.75 Å². The van der Waals surface area contributed by atoms with E-state index in [2.05, 4.69) is 18.7 Å². The molecule has 0 amide bonds. The Morgan fingerprint density at radius 3 is 2.52 bits per heavy atom. The summed E-state index contributed by atoms with van der Waals surface area (Å²) in [6, 6.07) is 11.1. The zero-order chi connectivity index (χ0) is 23.6. The second-order valence-electron chi connectivity index (χ2n) is 9.40. The number of benzene rings is 2. The normalized spacial score (nSPS) is 15.6. The maximum atomic E-state index is 13.2. The van der Waals surface area contributed by atoms with Crippen LogP contribution in [-0.2, 0) is 6.42 Å². The van der Waals surface area contributed by atoms with E-state index in [1.54, 1.807) is 43.7 Å². The van der Waals surface area contributed by atoms with Gasteiger partial charge in [-0.15, -0.1) is 0 Å². The molecule has 0 bridgehead atoms. The Balaban J connectivity index is 1.38. The van der Waals surface area contributed by atoms with Crippen molar-refractivity contribution in [1.29, 1.82) is 0 Å². The largest absolute Gasteiger partial charge is 0.497 e. The van der Waals surface area contributed by atoms with Gasteiger partial charge >= 0.3 is 0 Å². The first kappa shape index (κ1) is 23.2. The van der Waals surface area contributed by atoms with Gasteiger partial charge in [-0.1, -0.05) is 0 Å². The second-order valence-corrected chi connectivity index (χ2v) is 9.40. The monoisotopic (exact) mass is 451 g/mol. The lowest BCUT2D eigenvalue weighted by Gasteiger charge is -2.43. The zero-order valence-electron chi connectivity index (χ0n) is 19.4. The van der Waals surface area contributed by atoms with E-state index in [1.807, 2.05) is 0 Å². The summed E-state index contributed by atoms with van der Waals surface area (Å²) >= 11 is 0. The van der Waals surface area contributed by atoms with Gasteiger partial charge in [0.25, 0.3) is 0 Å². The van der Waals surface area contributed by atoms with E-state index < -0.39 is 0 Å². The maximum absolute atomic E-state index is 13.2. The minimum absolute atomic E-state index is 0.0189. The fourth-order valence-electron chi connectivity index (χ4n) is 4.65. The number of fused-ring (bicyclic) bond motifs is 1. The molecule has 6 heteroatoms. The highest BCUT2D eigenvalue weighted by molar-refractivity contribution is 5.97. The second kappa shape index (κ2) is 9.48. The molecular formula is C27H30FNO4. The van der Waals surface area contributed by atoms with Gasteiger partial charge in [-0.2, -0.15) is 0 Å². The third kappa shape index (κ3) is 5.01. The summed E-state index contributed by atoms with van der Waals surface area (Å²) in [5.41, 5.74) is 1.64. The van der Waals surface area contributed by atoms with E-state index in [1.165, 1.54) is 12.1 Å². The summed E-state index contributed by atoms with van der Waals surface area (Å²) in [6.45, 7) is 5.99. The number of hydrogen-bond donors (Lipinski definition) is 0. The van der Waals surface area contributed by atoms with Crippen molar-refractivity contribution in [2.45, 2.75) is 45.1 Å². The number of rotatable bonds is 7. The van der Waals surface area contributed by atoms with Crippen LogP contribution in [0.25, 0.3) is 11.0 Å². The lowest BCUT2D eigenvalue weighted by atomic mass is 9.85. The van der Waals surface area contributed by atoms with Gasteiger partial charge in [0.05, 0.1) is 18.8 Å². The number of carbonyl (C=O) groups is 1. The Kier molecular flexibility index (Phi) is 6.66. The molecular weight excluding hydrogens is 421 g/mol. The standard InChI is InChI=1S/C27H30FNO4/c1-27(2,13-10-20-17-33-24-9-8-22(32-3)16-23(24)26(20)31)29-14-11-19(12-15-29)25(30)18-4-6-21(28)7-5-18/h4-9,16-17,19H,10-15H2,1-3H3. The molecule has 0 radical (unpaired) electrons. The van der Waals surface area contributed by atoms with E-state index in [0.29, 0.717) is 34.3 Å². The molecule has 1 fully saturated rings. The van der Waals surface area contributed by atoms with Gasteiger partial charge in [-0.25, -0.2) is 4.39 Å². The minimum atomic E-state index is -0.331. The predicted molar refractivity (Wildman–Crippen MR) is 126 cm³/mol. The number of piperidine rings is 1. The number of Topliss-reactive ketones (excluding diaryl/α,β-unsaturated/α-hetero) is 1. The van der Waals surface area contributed by atoms with E-state index in [0.717, 1.165) is 32.4 Å². The van der Waals surface area contributed by atoms with Crippen molar-refractivity contribution in [3.63, 3.8) is 0 Å². The molecule has 0 atom stereocenters. The van der Waals surface area contributed by atoms with Gasteiger partial charge in [-0.05, 0) is 95.1 Å². The van der Waals surface area contributed by atoms with Gasteiger partial charge in [0.2, 0.25) is 0 Å². The Labute approximate surface area is 193 Å². The lowest BCUT2D eigenvalue weighted by molar-refractivity contribution is 0.0581.